The van der Waals surface area contributed by atoms with Crippen LogP contribution < -0.4 is 21.5 Å². The maximum Gasteiger partial charge on any atom is 0.169 e. The molecule has 0 aliphatic rings. The van der Waals surface area contributed by atoms with Gasteiger partial charge in [-0.1, -0.05) is 17.7 Å². The van der Waals surface area contributed by atoms with Crippen LogP contribution in [0.25, 0.3) is 0 Å². The molecule has 2 aromatic rings. The van der Waals surface area contributed by atoms with E-state index in [2.05, 4.69) is 5.32 Å². The van der Waals surface area contributed by atoms with Gasteiger partial charge in [0.15, 0.2) is 5.82 Å². The van der Waals surface area contributed by atoms with Crippen LogP contribution in [0.4, 0.5) is 27.1 Å². The van der Waals surface area contributed by atoms with Crippen molar-refractivity contribution in [3.05, 3.63) is 41.2 Å². The van der Waals surface area contributed by atoms with Gasteiger partial charge in [-0.15, -0.1) is 0 Å². The third kappa shape index (κ3) is 2.66. The molecule has 0 aliphatic heterocycles. The van der Waals surface area contributed by atoms with Crippen LogP contribution >= 0.6 is 11.6 Å². The van der Waals surface area contributed by atoms with Gasteiger partial charge in [0, 0.05) is 11.8 Å². The lowest BCUT2D eigenvalue weighted by Crippen LogP contribution is -2.02. The molecule has 0 unspecified atom stereocenters. The van der Waals surface area contributed by atoms with Crippen LogP contribution in [0, 0.1) is 5.82 Å². The molecule has 5 N–H and O–H groups in total. The third-order valence-electron chi connectivity index (χ3n) is 2.60. The van der Waals surface area contributed by atoms with E-state index in [1.54, 1.807) is 31.4 Å². The molecule has 19 heavy (non-hydrogen) atoms. The monoisotopic (exact) mass is 281 g/mol. The number of halogens is 2. The molecule has 0 fully saturated rings. The van der Waals surface area contributed by atoms with Crippen molar-refractivity contribution < 1.29 is 9.13 Å². The van der Waals surface area contributed by atoms with E-state index in [-0.39, 0.29) is 22.1 Å². The SMILES string of the molecule is COc1cccc(Nc2c(N)cc(N)c(Cl)c2F)c1. The Labute approximate surface area is 115 Å². The average Bonchev–Trinajstić information content (AvgIpc) is 2.41. The first-order valence-electron chi connectivity index (χ1n) is 5.47. The Morgan fingerprint density at radius 2 is 1.95 bits per heavy atom. The zero-order chi connectivity index (χ0) is 14.0. The number of nitrogen functional groups attached to an aromatic ring is 2. The first-order valence-corrected chi connectivity index (χ1v) is 5.84. The van der Waals surface area contributed by atoms with Crippen LogP contribution in [-0.4, -0.2) is 7.11 Å². The van der Waals surface area contributed by atoms with E-state index in [0.717, 1.165) is 0 Å². The fourth-order valence-corrected chi connectivity index (χ4v) is 1.79. The number of hydrogen-bond acceptors (Lipinski definition) is 4. The molecule has 0 atom stereocenters. The second-order valence-electron chi connectivity index (χ2n) is 3.91. The summed E-state index contributed by atoms with van der Waals surface area (Å²) in [6, 6.07) is 8.43. The normalized spacial score (nSPS) is 10.3. The zero-order valence-electron chi connectivity index (χ0n) is 10.2. The Bertz CT molecular complexity index is 619. The molecule has 0 saturated heterocycles. The topological polar surface area (TPSA) is 73.3 Å². The number of hydrogen-bond donors (Lipinski definition) is 3. The van der Waals surface area contributed by atoms with Crippen molar-refractivity contribution in [2.75, 3.05) is 23.9 Å². The van der Waals surface area contributed by atoms with Crippen LogP contribution in [0.5, 0.6) is 5.75 Å². The van der Waals surface area contributed by atoms with Crippen molar-refractivity contribution in [2.45, 2.75) is 0 Å². The fraction of sp³-hybridized carbons (Fsp3) is 0.0769. The molecule has 0 aromatic heterocycles. The molecule has 0 radical (unpaired) electrons. The molecule has 0 bridgehead atoms. The van der Waals surface area contributed by atoms with Crippen LogP contribution in [0.1, 0.15) is 0 Å². The minimum absolute atomic E-state index is 0.0902. The number of benzene rings is 2. The van der Waals surface area contributed by atoms with Gasteiger partial charge in [-0.2, -0.15) is 0 Å². The Hall–Kier alpha value is -2.14. The van der Waals surface area contributed by atoms with E-state index < -0.39 is 5.82 Å². The lowest BCUT2D eigenvalue weighted by atomic mass is 10.2. The number of rotatable bonds is 3. The summed E-state index contributed by atoms with van der Waals surface area (Å²) in [4.78, 5) is 0. The summed E-state index contributed by atoms with van der Waals surface area (Å²) >= 11 is 5.76. The number of nitrogens with one attached hydrogen (secondary N) is 1. The van der Waals surface area contributed by atoms with Gasteiger partial charge in [0.2, 0.25) is 0 Å². The molecular weight excluding hydrogens is 269 g/mol. The number of methoxy groups -OCH3 is 1. The zero-order valence-corrected chi connectivity index (χ0v) is 11.0. The molecule has 0 spiro atoms. The van der Waals surface area contributed by atoms with E-state index in [1.807, 2.05) is 0 Å². The Balaban J connectivity index is 2.40. The van der Waals surface area contributed by atoms with E-state index >= 15 is 0 Å². The molecule has 0 amide bonds. The van der Waals surface area contributed by atoms with E-state index in [1.165, 1.54) is 6.07 Å². The van der Waals surface area contributed by atoms with Crippen molar-refractivity contribution in [3.8, 4) is 5.75 Å². The summed E-state index contributed by atoms with van der Waals surface area (Å²) in [5.41, 5.74) is 12.3. The molecule has 6 heteroatoms. The van der Waals surface area contributed by atoms with E-state index in [0.29, 0.717) is 11.4 Å². The molecular formula is C13H13ClFN3O. The van der Waals surface area contributed by atoms with E-state index in [4.69, 9.17) is 27.8 Å². The van der Waals surface area contributed by atoms with Gasteiger partial charge in [0.05, 0.1) is 24.2 Å². The molecule has 0 aliphatic carbocycles. The smallest absolute Gasteiger partial charge is 0.169 e. The highest BCUT2D eigenvalue weighted by Crippen LogP contribution is 2.35. The minimum Gasteiger partial charge on any atom is -0.497 e. The molecule has 4 nitrogen and oxygen atoms in total. The lowest BCUT2D eigenvalue weighted by molar-refractivity contribution is 0.415. The van der Waals surface area contributed by atoms with Gasteiger partial charge in [0.1, 0.15) is 10.8 Å². The maximum absolute atomic E-state index is 14.0. The van der Waals surface area contributed by atoms with Crippen molar-refractivity contribution in [1.82, 2.24) is 0 Å². The predicted octanol–water partition coefficient (Wildman–Crippen LogP) is 3.40. The number of ether oxygens (including phenoxy) is 1. The summed E-state index contributed by atoms with van der Waals surface area (Å²) in [7, 11) is 1.55. The highest BCUT2D eigenvalue weighted by molar-refractivity contribution is 6.33. The van der Waals surface area contributed by atoms with Gasteiger partial charge < -0.3 is 21.5 Å². The van der Waals surface area contributed by atoms with E-state index in [9.17, 15) is 4.39 Å². The molecule has 2 rings (SSSR count). The van der Waals surface area contributed by atoms with Crippen molar-refractivity contribution in [1.29, 1.82) is 0 Å². The quantitative estimate of drug-likeness (QED) is 0.754. The first-order chi connectivity index (χ1) is 9.02. The van der Waals surface area contributed by atoms with Crippen molar-refractivity contribution >= 4 is 34.4 Å². The largest absolute Gasteiger partial charge is 0.497 e. The van der Waals surface area contributed by atoms with Crippen LogP contribution in [0.2, 0.25) is 5.02 Å². The van der Waals surface area contributed by atoms with Crippen molar-refractivity contribution in [2.24, 2.45) is 0 Å². The fourth-order valence-electron chi connectivity index (χ4n) is 1.64. The second kappa shape index (κ2) is 5.24. The number of anilines is 4. The molecule has 2 aromatic carbocycles. The molecule has 0 heterocycles. The first kappa shape index (κ1) is 13.3. The standard InChI is InChI=1S/C13H13ClFN3O/c1-19-8-4-2-3-7(5-8)18-13-10(17)6-9(16)11(14)12(13)15/h2-6,18H,16-17H2,1H3. The van der Waals surface area contributed by atoms with Gasteiger partial charge in [-0.3, -0.25) is 0 Å². The van der Waals surface area contributed by atoms with Crippen molar-refractivity contribution in [3.63, 3.8) is 0 Å². The maximum atomic E-state index is 14.0. The second-order valence-corrected chi connectivity index (χ2v) is 4.29. The van der Waals surface area contributed by atoms with Crippen LogP contribution in [0.3, 0.4) is 0 Å². The Kier molecular flexibility index (Phi) is 3.66. The highest BCUT2D eigenvalue weighted by Gasteiger charge is 2.14. The number of nitrogens with two attached hydrogens (primary N) is 2. The van der Waals surface area contributed by atoms with Gasteiger partial charge in [-0.25, -0.2) is 4.39 Å². The van der Waals surface area contributed by atoms with Gasteiger partial charge in [-0.05, 0) is 18.2 Å². The molecule has 100 valence electrons. The van der Waals surface area contributed by atoms with Gasteiger partial charge in [0.25, 0.3) is 0 Å². The summed E-state index contributed by atoms with van der Waals surface area (Å²) < 4.78 is 19.1. The summed E-state index contributed by atoms with van der Waals surface area (Å²) in [5, 5.41) is 2.71. The lowest BCUT2D eigenvalue weighted by Gasteiger charge is -2.13. The summed E-state index contributed by atoms with van der Waals surface area (Å²) in [5.74, 6) is -0.0347. The predicted molar refractivity (Wildman–Crippen MR) is 76.5 cm³/mol. The third-order valence-corrected chi connectivity index (χ3v) is 2.99. The Morgan fingerprint density at radius 3 is 2.63 bits per heavy atom. The highest BCUT2D eigenvalue weighted by atomic mass is 35.5. The average molecular weight is 282 g/mol. The summed E-state index contributed by atoms with van der Waals surface area (Å²) in [6.07, 6.45) is 0. The van der Waals surface area contributed by atoms with Crippen LogP contribution in [-0.2, 0) is 0 Å². The summed E-state index contributed by atoms with van der Waals surface area (Å²) in [6.45, 7) is 0. The van der Waals surface area contributed by atoms with Gasteiger partial charge >= 0.3 is 0 Å². The minimum atomic E-state index is -0.679. The van der Waals surface area contributed by atoms with Crippen LogP contribution in [0.15, 0.2) is 30.3 Å². The molecule has 0 saturated carbocycles. The Morgan fingerprint density at radius 1 is 1.21 bits per heavy atom.